The van der Waals surface area contributed by atoms with Gasteiger partial charge < -0.3 is 15.5 Å². The molecule has 2 saturated heterocycles. The molecule has 1 aromatic rings. The Morgan fingerprint density at radius 3 is 2.57 bits per heavy atom. The van der Waals surface area contributed by atoms with Gasteiger partial charge in [0.25, 0.3) is 0 Å². The summed E-state index contributed by atoms with van der Waals surface area (Å²) in [5.74, 6) is 1.81. The molecular formula is C22H38N8. The predicted octanol–water partition coefficient (Wildman–Crippen LogP) is 1.17. The molecule has 4 rings (SSSR count). The number of nitrogens with zero attached hydrogens (tertiary/aromatic N) is 6. The number of aromatic nitrogens is 2. The average Bonchev–Trinajstić information content (AvgIpc) is 3.49. The predicted molar refractivity (Wildman–Crippen MR) is 122 cm³/mol. The number of nitrogens with one attached hydrogen (secondary N) is 2. The van der Waals surface area contributed by atoms with Gasteiger partial charge in [0.1, 0.15) is 0 Å². The Morgan fingerprint density at radius 1 is 1.07 bits per heavy atom. The second-order valence-electron chi connectivity index (χ2n) is 8.79. The van der Waals surface area contributed by atoms with Crippen molar-refractivity contribution in [2.45, 2.75) is 50.6 Å². The average molecular weight is 415 g/mol. The van der Waals surface area contributed by atoms with Crippen LogP contribution in [-0.4, -0.2) is 97.2 Å². The van der Waals surface area contributed by atoms with Gasteiger partial charge >= 0.3 is 0 Å². The lowest BCUT2D eigenvalue weighted by molar-refractivity contribution is 0.242. The lowest BCUT2D eigenvalue weighted by atomic mass is 10.2. The fourth-order valence-corrected chi connectivity index (χ4v) is 5.03. The number of aliphatic imine (C=N–C) groups is 1. The molecule has 3 fully saturated rings. The van der Waals surface area contributed by atoms with Crippen molar-refractivity contribution in [3.05, 3.63) is 18.5 Å². The molecule has 166 valence electrons. The molecule has 0 amide bonds. The second kappa shape index (κ2) is 10.9. The molecule has 1 saturated carbocycles. The number of piperazine rings is 1. The van der Waals surface area contributed by atoms with E-state index in [4.69, 9.17) is 0 Å². The van der Waals surface area contributed by atoms with Crippen LogP contribution in [0.4, 0.5) is 5.95 Å². The number of hydrogen-bond acceptors (Lipinski definition) is 6. The molecule has 30 heavy (non-hydrogen) atoms. The first-order valence-electron chi connectivity index (χ1n) is 11.8. The zero-order valence-corrected chi connectivity index (χ0v) is 18.5. The maximum atomic E-state index is 4.44. The Bertz CT molecular complexity index is 652. The van der Waals surface area contributed by atoms with Crippen LogP contribution in [0.1, 0.15) is 38.5 Å². The van der Waals surface area contributed by atoms with Crippen LogP contribution in [0.2, 0.25) is 0 Å². The minimum atomic E-state index is 0.532. The van der Waals surface area contributed by atoms with E-state index >= 15 is 0 Å². The highest BCUT2D eigenvalue weighted by Crippen LogP contribution is 2.26. The maximum Gasteiger partial charge on any atom is 0.225 e. The van der Waals surface area contributed by atoms with Crippen LogP contribution in [0, 0.1) is 0 Å². The van der Waals surface area contributed by atoms with Gasteiger partial charge in [-0.2, -0.15) is 0 Å². The molecular weight excluding hydrogens is 376 g/mol. The fraction of sp³-hybridized carbons (Fsp3) is 0.773. The quantitative estimate of drug-likeness (QED) is 0.394. The lowest BCUT2D eigenvalue weighted by Gasteiger charge is -2.34. The van der Waals surface area contributed by atoms with Crippen molar-refractivity contribution in [1.82, 2.24) is 30.4 Å². The molecule has 1 unspecified atom stereocenters. The smallest absolute Gasteiger partial charge is 0.225 e. The number of likely N-dealkylation sites (tertiary alicyclic amines) is 1. The van der Waals surface area contributed by atoms with Crippen molar-refractivity contribution in [2.75, 3.05) is 64.3 Å². The summed E-state index contributed by atoms with van der Waals surface area (Å²) >= 11 is 0. The standard InChI is InChI=1S/C22H38N8/c1-23-21(27-19-8-13-30(18-19)20-6-2-3-7-20)24-11-5-12-28-14-16-29(17-15-28)22-25-9-4-10-26-22/h4,9-10,19-20H,2-3,5-8,11-18H2,1H3,(H2,23,24,27). The van der Waals surface area contributed by atoms with Gasteiger partial charge in [0.15, 0.2) is 5.96 Å². The van der Waals surface area contributed by atoms with Gasteiger partial charge in [0.05, 0.1) is 0 Å². The van der Waals surface area contributed by atoms with Crippen LogP contribution in [0.3, 0.4) is 0 Å². The van der Waals surface area contributed by atoms with Crippen LogP contribution in [0.15, 0.2) is 23.5 Å². The summed E-state index contributed by atoms with van der Waals surface area (Å²) in [5.41, 5.74) is 0. The molecule has 0 bridgehead atoms. The topological polar surface area (TPSA) is 71.9 Å². The molecule has 0 aromatic carbocycles. The molecule has 8 nitrogen and oxygen atoms in total. The summed E-state index contributed by atoms with van der Waals surface area (Å²) in [6.07, 6.45) is 11.6. The maximum absolute atomic E-state index is 4.44. The molecule has 3 heterocycles. The fourth-order valence-electron chi connectivity index (χ4n) is 5.03. The molecule has 0 radical (unpaired) electrons. The Hall–Kier alpha value is -1.93. The van der Waals surface area contributed by atoms with E-state index in [0.29, 0.717) is 6.04 Å². The Morgan fingerprint density at radius 2 is 1.83 bits per heavy atom. The SMILES string of the molecule is CN=C(NCCCN1CCN(c2ncccn2)CC1)NC1CCN(C2CCCC2)C1. The third-order valence-corrected chi connectivity index (χ3v) is 6.78. The Balaban J connectivity index is 1.09. The van der Waals surface area contributed by atoms with Crippen LogP contribution in [0.5, 0.6) is 0 Å². The van der Waals surface area contributed by atoms with Crippen molar-refractivity contribution < 1.29 is 0 Å². The van der Waals surface area contributed by atoms with Crippen LogP contribution in [0.25, 0.3) is 0 Å². The largest absolute Gasteiger partial charge is 0.356 e. The van der Waals surface area contributed by atoms with E-state index in [-0.39, 0.29) is 0 Å². The van der Waals surface area contributed by atoms with E-state index in [1.807, 2.05) is 25.5 Å². The van der Waals surface area contributed by atoms with Gasteiger partial charge in [-0.15, -0.1) is 0 Å². The van der Waals surface area contributed by atoms with E-state index in [2.05, 4.69) is 40.3 Å². The third kappa shape index (κ3) is 5.82. The third-order valence-electron chi connectivity index (χ3n) is 6.78. The highest BCUT2D eigenvalue weighted by atomic mass is 15.3. The van der Waals surface area contributed by atoms with Crippen molar-refractivity contribution in [3.63, 3.8) is 0 Å². The van der Waals surface area contributed by atoms with Gasteiger partial charge in [-0.05, 0) is 38.3 Å². The first-order valence-corrected chi connectivity index (χ1v) is 11.8. The molecule has 1 atom stereocenters. The normalized spacial score (nSPS) is 24.5. The molecule has 1 aromatic heterocycles. The van der Waals surface area contributed by atoms with Gasteiger partial charge in [-0.1, -0.05) is 12.8 Å². The minimum absolute atomic E-state index is 0.532. The number of guanidine groups is 1. The summed E-state index contributed by atoms with van der Waals surface area (Å²) in [4.78, 5) is 20.7. The number of hydrogen-bond donors (Lipinski definition) is 2. The number of rotatable bonds is 7. The van der Waals surface area contributed by atoms with Gasteiger partial charge in [-0.3, -0.25) is 14.8 Å². The molecule has 1 aliphatic carbocycles. The summed E-state index contributed by atoms with van der Waals surface area (Å²) in [6.45, 7) is 8.63. The number of anilines is 1. The lowest BCUT2D eigenvalue weighted by Crippen LogP contribution is -2.48. The summed E-state index contributed by atoms with van der Waals surface area (Å²) < 4.78 is 0. The van der Waals surface area contributed by atoms with Crippen LogP contribution < -0.4 is 15.5 Å². The highest BCUT2D eigenvalue weighted by molar-refractivity contribution is 5.80. The Kier molecular flexibility index (Phi) is 7.75. The summed E-state index contributed by atoms with van der Waals surface area (Å²) in [7, 11) is 1.88. The van der Waals surface area contributed by atoms with Gasteiger partial charge in [0.2, 0.25) is 5.95 Å². The van der Waals surface area contributed by atoms with E-state index in [1.54, 1.807) is 0 Å². The van der Waals surface area contributed by atoms with Gasteiger partial charge in [-0.25, -0.2) is 9.97 Å². The van der Waals surface area contributed by atoms with Crippen molar-refractivity contribution >= 4 is 11.9 Å². The van der Waals surface area contributed by atoms with Gasteiger partial charge in [0, 0.05) is 77.3 Å². The molecule has 0 spiro atoms. The van der Waals surface area contributed by atoms with E-state index in [0.717, 1.165) is 63.6 Å². The molecule has 2 N–H and O–H groups in total. The van der Waals surface area contributed by atoms with Crippen molar-refractivity contribution in [2.24, 2.45) is 4.99 Å². The zero-order chi connectivity index (χ0) is 20.6. The Labute approximate surface area is 181 Å². The zero-order valence-electron chi connectivity index (χ0n) is 18.5. The first-order chi connectivity index (χ1) is 14.8. The van der Waals surface area contributed by atoms with E-state index in [9.17, 15) is 0 Å². The highest BCUT2D eigenvalue weighted by Gasteiger charge is 2.30. The van der Waals surface area contributed by atoms with Crippen LogP contribution >= 0.6 is 0 Å². The van der Waals surface area contributed by atoms with Crippen molar-refractivity contribution in [3.8, 4) is 0 Å². The van der Waals surface area contributed by atoms with Crippen LogP contribution in [-0.2, 0) is 0 Å². The monoisotopic (exact) mass is 414 g/mol. The van der Waals surface area contributed by atoms with E-state index in [1.165, 1.54) is 45.2 Å². The first kappa shape index (κ1) is 21.3. The van der Waals surface area contributed by atoms with E-state index < -0.39 is 0 Å². The molecule has 3 aliphatic rings. The molecule has 2 aliphatic heterocycles. The molecule has 8 heteroatoms. The second-order valence-corrected chi connectivity index (χ2v) is 8.79. The van der Waals surface area contributed by atoms with Crippen molar-refractivity contribution in [1.29, 1.82) is 0 Å². The summed E-state index contributed by atoms with van der Waals surface area (Å²) in [5, 5.41) is 7.16. The summed E-state index contributed by atoms with van der Waals surface area (Å²) in [6, 6.07) is 3.24. The minimum Gasteiger partial charge on any atom is -0.356 e.